The standard InChI is InChI=1S/C29H16N4O/c34-29-20-8-4-5-9-23(20)32(17-6-2-1-3-7-17)28-22(29)14-21-18-10-12-30-15-24(18)33-25-16-31-13-11-19(25)26(28)27(21)33/h1-16H. The smallest absolute Gasteiger partial charge is 0.197 e. The molecule has 0 atom stereocenters. The third-order valence-corrected chi connectivity index (χ3v) is 7.01. The summed E-state index contributed by atoms with van der Waals surface area (Å²) in [4.78, 5) is 22.8. The molecule has 0 saturated carbocycles. The fourth-order valence-corrected chi connectivity index (χ4v) is 5.67. The highest BCUT2D eigenvalue weighted by atomic mass is 16.1. The van der Waals surface area contributed by atoms with Crippen LogP contribution < -0.4 is 5.43 Å². The molecule has 0 aliphatic carbocycles. The molecule has 0 N–H and O–H groups in total. The van der Waals surface area contributed by atoms with Crippen molar-refractivity contribution in [1.29, 1.82) is 0 Å². The van der Waals surface area contributed by atoms with E-state index in [1.165, 1.54) is 0 Å². The van der Waals surface area contributed by atoms with Crippen LogP contribution in [0.3, 0.4) is 0 Å². The van der Waals surface area contributed by atoms with Crippen LogP contribution >= 0.6 is 0 Å². The van der Waals surface area contributed by atoms with Gasteiger partial charge in [0, 0.05) is 50.4 Å². The molecule has 0 bridgehead atoms. The minimum atomic E-state index is 0.0494. The molecule has 0 aliphatic heterocycles. The largest absolute Gasteiger partial charge is 0.308 e. The van der Waals surface area contributed by atoms with E-state index in [-0.39, 0.29) is 5.43 Å². The molecular weight excluding hydrogens is 420 g/mol. The minimum Gasteiger partial charge on any atom is -0.308 e. The fourth-order valence-electron chi connectivity index (χ4n) is 5.67. The van der Waals surface area contributed by atoms with Crippen molar-refractivity contribution in [3.8, 4) is 5.69 Å². The van der Waals surface area contributed by atoms with E-state index in [0.717, 1.165) is 54.8 Å². The van der Waals surface area contributed by atoms with Gasteiger partial charge < -0.3 is 8.97 Å². The Hall–Kier alpha value is -4.77. The maximum absolute atomic E-state index is 13.9. The molecule has 0 unspecified atom stereocenters. The highest BCUT2D eigenvalue weighted by Crippen LogP contribution is 2.43. The third-order valence-electron chi connectivity index (χ3n) is 7.01. The molecular formula is C29H16N4O. The van der Waals surface area contributed by atoms with Crippen LogP contribution in [-0.2, 0) is 0 Å². The zero-order valence-electron chi connectivity index (χ0n) is 17.9. The van der Waals surface area contributed by atoms with Crippen molar-refractivity contribution in [1.82, 2.24) is 18.9 Å². The zero-order chi connectivity index (χ0) is 22.4. The lowest BCUT2D eigenvalue weighted by Crippen LogP contribution is -2.10. The van der Waals surface area contributed by atoms with E-state index < -0.39 is 0 Å². The number of hydrogen-bond donors (Lipinski definition) is 0. The summed E-state index contributed by atoms with van der Waals surface area (Å²) < 4.78 is 4.47. The van der Waals surface area contributed by atoms with Gasteiger partial charge >= 0.3 is 0 Å². The normalized spacial score (nSPS) is 12.2. The molecule has 5 heteroatoms. The number of fused-ring (bicyclic) bond motifs is 9. The Kier molecular flexibility index (Phi) is 3.22. The second kappa shape index (κ2) is 6.17. The van der Waals surface area contributed by atoms with Gasteiger partial charge in [0.15, 0.2) is 5.43 Å². The number of rotatable bonds is 1. The SMILES string of the molecule is O=c1c2ccccc2n(-c2ccccc2)c2c1cc1c3ccncc3n3c4cnccc4c2c13. The average Bonchev–Trinajstić information content (AvgIpc) is 3.41. The first-order valence-corrected chi connectivity index (χ1v) is 11.2. The number of benzene rings is 3. The van der Waals surface area contributed by atoms with Gasteiger partial charge in [0.1, 0.15) is 0 Å². The number of hydrogen-bond acceptors (Lipinski definition) is 3. The molecule has 5 heterocycles. The van der Waals surface area contributed by atoms with Gasteiger partial charge in [0.2, 0.25) is 0 Å². The topological polar surface area (TPSA) is 52.2 Å². The van der Waals surface area contributed by atoms with Crippen LogP contribution in [0.25, 0.3) is 65.6 Å². The van der Waals surface area contributed by atoms with Gasteiger partial charge in [-0.3, -0.25) is 14.8 Å². The van der Waals surface area contributed by atoms with Crippen molar-refractivity contribution >= 4 is 59.9 Å². The van der Waals surface area contributed by atoms with Crippen molar-refractivity contribution in [3.63, 3.8) is 0 Å². The lowest BCUT2D eigenvalue weighted by molar-refractivity contribution is 1.17. The maximum Gasteiger partial charge on any atom is 0.197 e. The number of aromatic nitrogens is 4. The maximum atomic E-state index is 13.9. The van der Waals surface area contributed by atoms with Gasteiger partial charge in [0.25, 0.3) is 0 Å². The second-order valence-electron chi connectivity index (χ2n) is 8.68. The van der Waals surface area contributed by atoms with E-state index in [1.54, 1.807) is 0 Å². The summed E-state index contributed by atoms with van der Waals surface area (Å²) in [6, 6.07) is 24.3. The Morgan fingerprint density at radius 3 is 2.12 bits per heavy atom. The molecule has 0 aliphatic rings. The molecule has 0 fully saturated rings. The summed E-state index contributed by atoms with van der Waals surface area (Å²) in [5.41, 5.74) is 6.01. The predicted molar refractivity (Wildman–Crippen MR) is 137 cm³/mol. The van der Waals surface area contributed by atoms with Crippen molar-refractivity contribution in [3.05, 3.63) is 108 Å². The number of para-hydroxylation sites is 2. The van der Waals surface area contributed by atoms with Crippen LogP contribution in [0.15, 0.2) is 102 Å². The highest BCUT2D eigenvalue weighted by molar-refractivity contribution is 6.31. The first kappa shape index (κ1) is 17.7. The molecule has 8 aromatic rings. The van der Waals surface area contributed by atoms with Crippen molar-refractivity contribution in [2.24, 2.45) is 0 Å². The van der Waals surface area contributed by atoms with Crippen LogP contribution in [0.1, 0.15) is 0 Å². The van der Waals surface area contributed by atoms with Gasteiger partial charge in [-0.2, -0.15) is 0 Å². The Morgan fingerprint density at radius 1 is 0.588 bits per heavy atom. The highest BCUT2D eigenvalue weighted by Gasteiger charge is 2.23. The van der Waals surface area contributed by atoms with E-state index in [2.05, 4.69) is 37.1 Å². The van der Waals surface area contributed by atoms with Gasteiger partial charge in [-0.25, -0.2) is 0 Å². The fraction of sp³-hybridized carbons (Fsp3) is 0. The van der Waals surface area contributed by atoms with E-state index in [0.29, 0.717) is 10.8 Å². The summed E-state index contributed by atoms with van der Waals surface area (Å²) in [6.07, 6.45) is 7.43. The van der Waals surface area contributed by atoms with Crippen LogP contribution in [0.2, 0.25) is 0 Å². The minimum absolute atomic E-state index is 0.0494. The summed E-state index contributed by atoms with van der Waals surface area (Å²) >= 11 is 0. The molecule has 5 aromatic heterocycles. The molecule has 0 spiro atoms. The summed E-state index contributed by atoms with van der Waals surface area (Å²) in [7, 11) is 0. The first-order chi connectivity index (χ1) is 16.8. The lowest BCUT2D eigenvalue weighted by atomic mass is 10.0. The number of nitrogens with zero attached hydrogens (tertiary/aromatic N) is 4. The Morgan fingerprint density at radius 2 is 1.29 bits per heavy atom. The van der Waals surface area contributed by atoms with Crippen LogP contribution in [0, 0.1) is 0 Å². The molecule has 158 valence electrons. The van der Waals surface area contributed by atoms with Crippen molar-refractivity contribution in [2.45, 2.75) is 0 Å². The van der Waals surface area contributed by atoms with Crippen LogP contribution in [0.4, 0.5) is 0 Å². The lowest BCUT2D eigenvalue weighted by Gasteiger charge is -2.16. The molecule has 5 nitrogen and oxygen atoms in total. The summed E-state index contributed by atoms with van der Waals surface area (Å²) in [6.45, 7) is 0. The average molecular weight is 436 g/mol. The van der Waals surface area contributed by atoms with E-state index in [1.807, 2.05) is 79.4 Å². The summed E-state index contributed by atoms with van der Waals surface area (Å²) in [5.74, 6) is 0. The molecule has 3 aromatic carbocycles. The Bertz CT molecular complexity index is 2140. The molecule has 34 heavy (non-hydrogen) atoms. The van der Waals surface area contributed by atoms with Gasteiger partial charge in [-0.1, -0.05) is 30.3 Å². The van der Waals surface area contributed by atoms with Crippen molar-refractivity contribution < 1.29 is 0 Å². The summed E-state index contributed by atoms with van der Waals surface area (Å²) in [5, 5.41) is 5.71. The van der Waals surface area contributed by atoms with Crippen LogP contribution in [0.5, 0.6) is 0 Å². The van der Waals surface area contributed by atoms with E-state index in [4.69, 9.17) is 0 Å². The van der Waals surface area contributed by atoms with Gasteiger partial charge in [-0.15, -0.1) is 0 Å². The molecule has 0 radical (unpaired) electrons. The van der Waals surface area contributed by atoms with Gasteiger partial charge in [0.05, 0.1) is 40.0 Å². The quantitative estimate of drug-likeness (QED) is 0.293. The molecule has 0 amide bonds. The Balaban J connectivity index is 1.81. The monoisotopic (exact) mass is 436 g/mol. The van der Waals surface area contributed by atoms with Gasteiger partial charge in [-0.05, 0) is 42.5 Å². The van der Waals surface area contributed by atoms with Crippen molar-refractivity contribution in [2.75, 3.05) is 0 Å². The zero-order valence-corrected chi connectivity index (χ0v) is 17.9. The number of pyridine rings is 3. The molecule has 0 saturated heterocycles. The third kappa shape index (κ3) is 2.02. The second-order valence-corrected chi connectivity index (χ2v) is 8.68. The van der Waals surface area contributed by atoms with E-state index >= 15 is 0 Å². The van der Waals surface area contributed by atoms with E-state index in [9.17, 15) is 4.79 Å². The van der Waals surface area contributed by atoms with Crippen LogP contribution in [-0.4, -0.2) is 18.9 Å². The Labute approximate surface area is 192 Å². The first-order valence-electron chi connectivity index (χ1n) is 11.2. The predicted octanol–water partition coefficient (Wildman–Crippen LogP) is 6.08. The molecule has 8 rings (SSSR count).